The molecule has 0 saturated heterocycles. The van der Waals surface area contributed by atoms with Crippen molar-refractivity contribution in [3.63, 3.8) is 0 Å². The number of unbranched alkanes of at least 4 members (excludes halogenated alkanes) is 11. The van der Waals surface area contributed by atoms with Gasteiger partial charge in [-0.2, -0.15) is 0 Å². The maximum absolute atomic E-state index is 9.97. The van der Waals surface area contributed by atoms with Crippen molar-refractivity contribution in [2.24, 2.45) is 0 Å². The first kappa shape index (κ1) is 21.7. The second-order valence-corrected chi connectivity index (χ2v) is 6.82. The van der Waals surface area contributed by atoms with Gasteiger partial charge in [-0.25, -0.2) is 0 Å². The highest BCUT2D eigenvalue weighted by Gasteiger charge is 2.02. The summed E-state index contributed by atoms with van der Waals surface area (Å²) < 4.78 is 0. The fourth-order valence-electron chi connectivity index (χ4n) is 2.88. The molecule has 1 N–H and O–H groups in total. The van der Waals surface area contributed by atoms with E-state index in [2.05, 4.69) is 26.0 Å². The van der Waals surface area contributed by atoms with Crippen LogP contribution in [0.1, 0.15) is 117 Å². The zero-order chi connectivity index (χ0) is 16.3. The molecule has 0 spiro atoms. The van der Waals surface area contributed by atoms with E-state index >= 15 is 0 Å². The van der Waals surface area contributed by atoms with E-state index in [1.54, 1.807) is 0 Å². The van der Waals surface area contributed by atoms with Crippen molar-refractivity contribution >= 4 is 0 Å². The molecule has 0 radical (unpaired) electrons. The molecule has 1 nitrogen and oxygen atoms in total. The smallest absolute Gasteiger partial charge is 0.0540 e. The normalized spacial score (nSPS) is 13.0. The zero-order valence-corrected chi connectivity index (χ0v) is 15.5. The van der Waals surface area contributed by atoms with Gasteiger partial charge in [-0.3, -0.25) is 0 Å². The minimum atomic E-state index is -0.0615. The van der Waals surface area contributed by atoms with Crippen molar-refractivity contribution in [3.05, 3.63) is 12.2 Å². The summed E-state index contributed by atoms with van der Waals surface area (Å²) in [5, 5.41) is 9.97. The number of aliphatic hydroxyl groups is 1. The van der Waals surface area contributed by atoms with Crippen LogP contribution in [0.4, 0.5) is 0 Å². The van der Waals surface area contributed by atoms with E-state index in [0.717, 1.165) is 25.7 Å². The Morgan fingerprint density at radius 2 is 1.05 bits per heavy atom. The van der Waals surface area contributed by atoms with Gasteiger partial charge in [0.15, 0.2) is 0 Å². The minimum absolute atomic E-state index is 0.0615. The molecule has 0 fully saturated rings. The third-order valence-corrected chi connectivity index (χ3v) is 4.44. The van der Waals surface area contributed by atoms with Crippen LogP contribution in [0.25, 0.3) is 0 Å². The van der Waals surface area contributed by atoms with Crippen molar-refractivity contribution in [3.8, 4) is 0 Å². The number of aliphatic hydroxyl groups excluding tert-OH is 1. The van der Waals surface area contributed by atoms with E-state index in [-0.39, 0.29) is 6.10 Å². The molecule has 1 atom stereocenters. The third-order valence-electron chi connectivity index (χ3n) is 4.44. The van der Waals surface area contributed by atoms with Crippen LogP contribution in [0, 0.1) is 0 Å². The average Bonchev–Trinajstić information content (AvgIpc) is 2.52. The van der Waals surface area contributed by atoms with Crippen molar-refractivity contribution < 1.29 is 5.11 Å². The molecule has 0 heterocycles. The summed E-state index contributed by atoms with van der Waals surface area (Å²) in [5.74, 6) is 0. The predicted molar refractivity (Wildman–Crippen MR) is 100 cm³/mol. The van der Waals surface area contributed by atoms with Crippen molar-refractivity contribution in [1.82, 2.24) is 0 Å². The summed E-state index contributed by atoms with van der Waals surface area (Å²) in [6.45, 7) is 4.52. The van der Waals surface area contributed by atoms with Crippen molar-refractivity contribution in [2.75, 3.05) is 0 Å². The van der Waals surface area contributed by atoms with E-state index in [1.165, 1.54) is 77.0 Å². The Kier molecular flexibility index (Phi) is 18.5. The quantitative estimate of drug-likeness (QED) is 0.223. The number of hydrogen-bond donors (Lipinski definition) is 1. The Morgan fingerprint density at radius 1 is 0.591 bits per heavy atom. The van der Waals surface area contributed by atoms with Gasteiger partial charge in [0.2, 0.25) is 0 Å². The summed E-state index contributed by atoms with van der Waals surface area (Å²) in [6, 6.07) is 0. The van der Waals surface area contributed by atoms with Gasteiger partial charge in [-0.15, -0.1) is 0 Å². The van der Waals surface area contributed by atoms with Crippen LogP contribution >= 0.6 is 0 Å². The van der Waals surface area contributed by atoms with E-state index in [0.29, 0.717) is 0 Å². The Hall–Kier alpha value is -0.300. The monoisotopic (exact) mass is 310 g/mol. The first-order valence-electron chi connectivity index (χ1n) is 10.1. The summed E-state index contributed by atoms with van der Waals surface area (Å²) in [6.07, 6.45) is 24.8. The SMILES string of the molecule is CCCCCC=CCCCC(O)CCCCCCCCCC. The van der Waals surface area contributed by atoms with E-state index in [9.17, 15) is 5.11 Å². The van der Waals surface area contributed by atoms with Crippen LogP contribution < -0.4 is 0 Å². The van der Waals surface area contributed by atoms with Crippen LogP contribution in [-0.2, 0) is 0 Å². The van der Waals surface area contributed by atoms with E-state index < -0.39 is 0 Å². The predicted octanol–water partition coefficient (Wildman–Crippen LogP) is 7.18. The number of rotatable bonds is 17. The first-order valence-corrected chi connectivity index (χ1v) is 10.1. The van der Waals surface area contributed by atoms with Gasteiger partial charge < -0.3 is 5.11 Å². The Bertz CT molecular complexity index is 222. The molecule has 22 heavy (non-hydrogen) atoms. The highest BCUT2D eigenvalue weighted by atomic mass is 16.3. The average molecular weight is 311 g/mol. The standard InChI is InChI=1S/C21H42O/c1-3-5-7-9-11-13-15-17-19-21(22)20-18-16-14-12-10-8-6-4-2/h11,13,21-22H,3-10,12,14-20H2,1-2H3. The van der Waals surface area contributed by atoms with Crippen LogP contribution in [0.2, 0.25) is 0 Å². The topological polar surface area (TPSA) is 20.2 Å². The Balaban J connectivity index is 3.20. The second kappa shape index (κ2) is 18.7. The fraction of sp³-hybridized carbons (Fsp3) is 0.905. The molecule has 0 rings (SSSR count). The highest BCUT2D eigenvalue weighted by molar-refractivity contribution is 4.81. The molecule has 1 unspecified atom stereocenters. The molecule has 0 aliphatic heterocycles. The van der Waals surface area contributed by atoms with E-state index in [4.69, 9.17) is 0 Å². The summed E-state index contributed by atoms with van der Waals surface area (Å²) in [4.78, 5) is 0. The fourth-order valence-corrected chi connectivity index (χ4v) is 2.88. The van der Waals surface area contributed by atoms with Gasteiger partial charge in [0.05, 0.1) is 6.10 Å². The summed E-state index contributed by atoms with van der Waals surface area (Å²) >= 11 is 0. The van der Waals surface area contributed by atoms with Crippen molar-refractivity contribution in [2.45, 2.75) is 123 Å². The maximum atomic E-state index is 9.97. The first-order chi connectivity index (χ1) is 10.8. The van der Waals surface area contributed by atoms with Gasteiger partial charge >= 0.3 is 0 Å². The molecule has 0 aliphatic carbocycles. The zero-order valence-electron chi connectivity index (χ0n) is 15.5. The lowest BCUT2D eigenvalue weighted by Gasteiger charge is -2.09. The van der Waals surface area contributed by atoms with Crippen LogP contribution in [0.5, 0.6) is 0 Å². The lowest BCUT2D eigenvalue weighted by molar-refractivity contribution is 0.148. The van der Waals surface area contributed by atoms with Gasteiger partial charge in [-0.1, -0.05) is 90.2 Å². The van der Waals surface area contributed by atoms with Gasteiger partial charge in [0, 0.05) is 0 Å². The summed E-state index contributed by atoms with van der Waals surface area (Å²) in [5.41, 5.74) is 0. The van der Waals surface area contributed by atoms with E-state index in [1.807, 2.05) is 0 Å². The molecule has 0 aromatic rings. The molecule has 1 heteroatoms. The molecular formula is C21H42O. The second-order valence-electron chi connectivity index (χ2n) is 6.82. The third kappa shape index (κ3) is 17.8. The Morgan fingerprint density at radius 3 is 1.68 bits per heavy atom. The lowest BCUT2D eigenvalue weighted by atomic mass is 10.0. The summed E-state index contributed by atoms with van der Waals surface area (Å²) in [7, 11) is 0. The largest absolute Gasteiger partial charge is 0.393 e. The van der Waals surface area contributed by atoms with Crippen LogP contribution in [-0.4, -0.2) is 11.2 Å². The molecule has 132 valence electrons. The lowest BCUT2D eigenvalue weighted by Crippen LogP contribution is -2.05. The van der Waals surface area contributed by atoms with Crippen LogP contribution in [0.3, 0.4) is 0 Å². The molecule has 0 bridgehead atoms. The molecular weight excluding hydrogens is 268 g/mol. The number of hydrogen-bond acceptors (Lipinski definition) is 1. The molecule has 0 amide bonds. The van der Waals surface area contributed by atoms with Gasteiger partial charge in [-0.05, 0) is 38.5 Å². The number of allylic oxidation sites excluding steroid dienone is 2. The molecule has 0 aromatic carbocycles. The van der Waals surface area contributed by atoms with Gasteiger partial charge in [0.25, 0.3) is 0 Å². The maximum Gasteiger partial charge on any atom is 0.0540 e. The molecule has 0 saturated carbocycles. The Labute approximate surface area is 140 Å². The van der Waals surface area contributed by atoms with Crippen LogP contribution in [0.15, 0.2) is 12.2 Å². The van der Waals surface area contributed by atoms with Gasteiger partial charge in [0.1, 0.15) is 0 Å². The molecule has 0 aromatic heterocycles. The minimum Gasteiger partial charge on any atom is -0.393 e. The van der Waals surface area contributed by atoms with Crippen molar-refractivity contribution in [1.29, 1.82) is 0 Å². The highest BCUT2D eigenvalue weighted by Crippen LogP contribution is 2.13. The molecule has 0 aliphatic rings.